The van der Waals surface area contributed by atoms with Crippen molar-refractivity contribution in [1.82, 2.24) is 0 Å². The number of rotatable bonds is 6. The number of carbonyl (C=O) groups is 1. The van der Waals surface area contributed by atoms with Crippen LogP contribution in [0.1, 0.15) is 0 Å². The number of halogens is 1. The number of anilines is 2. The lowest BCUT2D eigenvalue weighted by Crippen LogP contribution is -2.22. The number of amides is 1. The van der Waals surface area contributed by atoms with Gasteiger partial charge in [-0.15, -0.1) is 0 Å². The predicted molar refractivity (Wildman–Crippen MR) is 108 cm³/mol. The van der Waals surface area contributed by atoms with E-state index in [1.165, 1.54) is 0 Å². The van der Waals surface area contributed by atoms with E-state index in [1.54, 1.807) is 11.8 Å². The van der Waals surface area contributed by atoms with Gasteiger partial charge in [-0.3, -0.25) is 4.79 Å². The maximum Gasteiger partial charge on any atom is 0.243 e. The maximum absolute atomic E-state index is 12.2. The van der Waals surface area contributed by atoms with Crippen LogP contribution in [0, 0.1) is 0 Å². The quantitative estimate of drug-likeness (QED) is 0.549. The van der Waals surface area contributed by atoms with Crippen LogP contribution < -0.4 is 10.6 Å². The fourth-order valence-electron chi connectivity index (χ4n) is 2.25. The summed E-state index contributed by atoms with van der Waals surface area (Å²) >= 11 is 5.10. The molecule has 0 aliphatic heterocycles. The summed E-state index contributed by atoms with van der Waals surface area (Å²) in [6, 6.07) is 25.7. The Hall–Kier alpha value is -2.24. The monoisotopic (exact) mass is 412 g/mol. The van der Waals surface area contributed by atoms with Crippen LogP contribution in [-0.2, 0) is 4.79 Å². The number of hydrogen-bond donors (Lipinski definition) is 2. The number of para-hydroxylation sites is 2. The van der Waals surface area contributed by atoms with Crippen molar-refractivity contribution in [2.75, 3.05) is 17.2 Å². The molecule has 0 saturated carbocycles. The minimum atomic E-state index is -0.0913. The number of carbonyl (C=O) groups excluding carboxylic acids is 1. The van der Waals surface area contributed by atoms with Crippen molar-refractivity contribution in [3.05, 3.63) is 83.3 Å². The smallest absolute Gasteiger partial charge is 0.243 e. The maximum atomic E-state index is 12.2. The molecule has 0 heterocycles. The number of nitrogens with one attached hydrogen (secondary N) is 2. The van der Waals surface area contributed by atoms with Gasteiger partial charge in [-0.2, -0.15) is 0 Å². The van der Waals surface area contributed by atoms with Gasteiger partial charge < -0.3 is 10.6 Å². The Morgan fingerprint density at radius 3 is 2.24 bits per heavy atom. The van der Waals surface area contributed by atoms with E-state index < -0.39 is 0 Å². The van der Waals surface area contributed by atoms with Gasteiger partial charge in [-0.05, 0) is 52.3 Å². The fourth-order valence-corrected chi connectivity index (χ4v) is 3.58. The van der Waals surface area contributed by atoms with Crippen LogP contribution >= 0.6 is 27.7 Å². The van der Waals surface area contributed by atoms with E-state index in [9.17, 15) is 4.79 Å². The van der Waals surface area contributed by atoms with Crippen molar-refractivity contribution in [3.8, 4) is 0 Å². The highest BCUT2D eigenvalue weighted by atomic mass is 79.9. The van der Waals surface area contributed by atoms with Crippen LogP contribution in [0.25, 0.3) is 0 Å². The Labute approximate surface area is 160 Å². The minimum Gasteiger partial charge on any atom is -0.375 e. The summed E-state index contributed by atoms with van der Waals surface area (Å²) in [6.07, 6.45) is 0. The van der Waals surface area contributed by atoms with Crippen molar-refractivity contribution in [3.63, 3.8) is 0 Å². The first kappa shape index (κ1) is 17.6. The van der Waals surface area contributed by atoms with Gasteiger partial charge in [0.15, 0.2) is 0 Å². The highest BCUT2D eigenvalue weighted by Gasteiger charge is 2.08. The van der Waals surface area contributed by atoms with Crippen molar-refractivity contribution >= 4 is 45.0 Å². The van der Waals surface area contributed by atoms with Gasteiger partial charge in [-0.1, -0.05) is 54.2 Å². The van der Waals surface area contributed by atoms with E-state index in [0.717, 1.165) is 25.6 Å². The van der Waals surface area contributed by atoms with Crippen molar-refractivity contribution in [1.29, 1.82) is 0 Å². The lowest BCUT2D eigenvalue weighted by Gasteiger charge is -2.12. The molecular formula is C20H17BrN2OS. The van der Waals surface area contributed by atoms with Crippen LogP contribution in [0.2, 0.25) is 0 Å². The molecule has 0 spiro atoms. The summed E-state index contributed by atoms with van der Waals surface area (Å²) in [7, 11) is 0. The largest absolute Gasteiger partial charge is 0.375 e. The molecule has 3 aromatic carbocycles. The molecule has 1 amide bonds. The highest BCUT2D eigenvalue weighted by Crippen LogP contribution is 2.33. The molecule has 126 valence electrons. The molecule has 3 rings (SSSR count). The summed E-state index contributed by atoms with van der Waals surface area (Å²) in [5.74, 6) is -0.0913. The van der Waals surface area contributed by atoms with E-state index in [4.69, 9.17) is 0 Å². The molecule has 0 aromatic heterocycles. The minimum absolute atomic E-state index is 0.0913. The van der Waals surface area contributed by atoms with Crippen LogP contribution in [0.3, 0.4) is 0 Å². The number of benzene rings is 3. The summed E-state index contributed by atoms with van der Waals surface area (Å²) in [4.78, 5) is 14.5. The second-order valence-corrected chi connectivity index (χ2v) is 7.26. The highest BCUT2D eigenvalue weighted by molar-refractivity contribution is 9.10. The summed E-state index contributed by atoms with van der Waals surface area (Å²) in [5.41, 5.74) is 1.71. The topological polar surface area (TPSA) is 41.1 Å². The lowest BCUT2D eigenvalue weighted by atomic mass is 10.3. The van der Waals surface area contributed by atoms with Gasteiger partial charge in [0.2, 0.25) is 5.91 Å². The Bertz CT molecular complexity index is 855. The molecule has 5 heteroatoms. The Morgan fingerprint density at radius 2 is 1.48 bits per heavy atom. The fraction of sp³-hybridized carbons (Fsp3) is 0.0500. The Balaban J connectivity index is 1.63. The van der Waals surface area contributed by atoms with E-state index in [-0.39, 0.29) is 12.5 Å². The van der Waals surface area contributed by atoms with Crippen LogP contribution in [0.4, 0.5) is 11.4 Å². The van der Waals surface area contributed by atoms with Crippen LogP contribution in [0.5, 0.6) is 0 Å². The molecule has 0 unspecified atom stereocenters. The van der Waals surface area contributed by atoms with Gasteiger partial charge in [0, 0.05) is 20.0 Å². The van der Waals surface area contributed by atoms with Gasteiger partial charge in [0.25, 0.3) is 0 Å². The predicted octanol–water partition coefficient (Wildman–Crippen LogP) is 5.65. The lowest BCUT2D eigenvalue weighted by molar-refractivity contribution is -0.114. The third kappa shape index (κ3) is 5.11. The van der Waals surface area contributed by atoms with E-state index in [1.807, 2.05) is 66.7 Å². The van der Waals surface area contributed by atoms with Gasteiger partial charge in [0.05, 0.1) is 12.2 Å². The first-order valence-electron chi connectivity index (χ1n) is 7.82. The van der Waals surface area contributed by atoms with Crippen LogP contribution in [-0.4, -0.2) is 12.5 Å². The summed E-state index contributed by atoms with van der Waals surface area (Å²) in [5, 5.41) is 6.12. The standard InChI is InChI=1S/C20H17BrN2OS/c21-16-10-4-5-11-17(16)23-20(24)14-22-18-12-6-7-13-19(18)25-15-8-2-1-3-9-15/h1-13,22H,14H2,(H,23,24). The van der Waals surface area contributed by atoms with Crippen molar-refractivity contribution in [2.24, 2.45) is 0 Å². The second kappa shape index (κ2) is 8.74. The third-order valence-corrected chi connectivity index (χ3v) is 5.22. The van der Waals surface area contributed by atoms with Crippen molar-refractivity contribution in [2.45, 2.75) is 9.79 Å². The molecule has 0 bridgehead atoms. The van der Waals surface area contributed by atoms with Gasteiger partial charge in [0.1, 0.15) is 0 Å². The Morgan fingerprint density at radius 1 is 0.840 bits per heavy atom. The first-order chi connectivity index (χ1) is 12.2. The zero-order valence-electron chi connectivity index (χ0n) is 13.4. The molecule has 0 atom stereocenters. The van der Waals surface area contributed by atoms with Crippen LogP contribution in [0.15, 0.2) is 93.1 Å². The molecule has 2 N–H and O–H groups in total. The molecule has 3 aromatic rings. The zero-order chi connectivity index (χ0) is 17.5. The molecule has 25 heavy (non-hydrogen) atoms. The molecule has 0 aliphatic rings. The summed E-state index contributed by atoms with van der Waals surface area (Å²) < 4.78 is 0.864. The van der Waals surface area contributed by atoms with Gasteiger partial charge >= 0.3 is 0 Å². The average molecular weight is 413 g/mol. The molecule has 3 nitrogen and oxygen atoms in total. The van der Waals surface area contributed by atoms with E-state index in [0.29, 0.717) is 0 Å². The normalized spacial score (nSPS) is 10.3. The second-order valence-electron chi connectivity index (χ2n) is 5.29. The zero-order valence-corrected chi connectivity index (χ0v) is 15.8. The SMILES string of the molecule is O=C(CNc1ccccc1Sc1ccccc1)Nc1ccccc1Br. The first-order valence-corrected chi connectivity index (χ1v) is 9.43. The molecule has 0 radical (unpaired) electrons. The third-order valence-electron chi connectivity index (χ3n) is 3.45. The van der Waals surface area contributed by atoms with Gasteiger partial charge in [-0.25, -0.2) is 0 Å². The average Bonchev–Trinajstić information content (AvgIpc) is 2.64. The molecule has 0 saturated heterocycles. The molecule has 0 fully saturated rings. The van der Waals surface area contributed by atoms with E-state index >= 15 is 0 Å². The van der Waals surface area contributed by atoms with E-state index in [2.05, 4.69) is 38.7 Å². The Kier molecular flexibility index (Phi) is 6.14. The molecular weight excluding hydrogens is 396 g/mol. The summed E-state index contributed by atoms with van der Waals surface area (Å²) in [6.45, 7) is 0.202. The molecule has 0 aliphatic carbocycles. The number of hydrogen-bond acceptors (Lipinski definition) is 3. The van der Waals surface area contributed by atoms with Crippen molar-refractivity contribution < 1.29 is 4.79 Å².